The van der Waals surface area contributed by atoms with Crippen LogP contribution in [0.3, 0.4) is 0 Å². The van der Waals surface area contributed by atoms with Crippen LogP contribution in [0.4, 0.5) is 0 Å². The van der Waals surface area contributed by atoms with Gasteiger partial charge in [-0.2, -0.15) is 0 Å². The fourth-order valence-electron chi connectivity index (χ4n) is 1.77. The van der Waals surface area contributed by atoms with Crippen LogP contribution in [0.2, 0.25) is 0 Å². The monoisotopic (exact) mass is 276 g/mol. The van der Waals surface area contributed by atoms with E-state index in [9.17, 15) is 0 Å². The van der Waals surface area contributed by atoms with Crippen LogP contribution in [0.5, 0.6) is 5.75 Å². The van der Waals surface area contributed by atoms with Gasteiger partial charge in [0.25, 0.3) is 0 Å². The molecule has 0 aliphatic heterocycles. The highest BCUT2D eigenvalue weighted by atomic mass is 32.1. The summed E-state index contributed by atoms with van der Waals surface area (Å²) >= 11 is 5.16. The molecule has 0 aliphatic rings. The lowest BCUT2D eigenvalue weighted by atomic mass is 10.1. The number of nitrogens with one attached hydrogen (secondary N) is 1. The van der Waals surface area contributed by atoms with Gasteiger partial charge in [0.2, 0.25) is 0 Å². The summed E-state index contributed by atoms with van der Waals surface area (Å²) in [6, 6.07) is 9.69. The van der Waals surface area contributed by atoms with Gasteiger partial charge in [-0.15, -0.1) is 0 Å². The Morgan fingerprint density at radius 1 is 1.26 bits per heavy atom. The summed E-state index contributed by atoms with van der Waals surface area (Å²) in [7, 11) is 1.63. The maximum atomic E-state index is 5.42. The number of hydrogen-bond acceptors (Lipinski definition) is 4. The Balaban J connectivity index is 2.32. The maximum Gasteiger partial charge on any atom is 0.134 e. The lowest BCUT2D eigenvalue weighted by Gasteiger charge is -2.07. The first-order chi connectivity index (χ1) is 9.22. The van der Waals surface area contributed by atoms with Gasteiger partial charge < -0.3 is 14.5 Å². The van der Waals surface area contributed by atoms with Gasteiger partial charge in [-0.3, -0.25) is 0 Å². The van der Waals surface area contributed by atoms with E-state index in [1.807, 2.05) is 37.3 Å². The number of H-pyrrole nitrogens is 1. The van der Waals surface area contributed by atoms with Crippen molar-refractivity contribution >= 4 is 12.2 Å². The van der Waals surface area contributed by atoms with Gasteiger partial charge in [-0.25, -0.2) is 4.98 Å². The Hall–Kier alpha value is -1.72. The fourth-order valence-corrected chi connectivity index (χ4v) is 1.99. The molecule has 4 nitrogen and oxygen atoms in total. The number of aromatic nitrogens is 2. The minimum atomic E-state index is 0.411. The molecule has 0 amide bonds. The van der Waals surface area contributed by atoms with Gasteiger partial charge in [0, 0.05) is 12.8 Å². The summed E-state index contributed by atoms with van der Waals surface area (Å²) in [6.45, 7) is 3.04. The van der Waals surface area contributed by atoms with Gasteiger partial charge in [0.1, 0.15) is 22.8 Å². The van der Waals surface area contributed by atoms with Crippen LogP contribution < -0.4 is 4.74 Å². The van der Waals surface area contributed by atoms with Gasteiger partial charge in [0.05, 0.1) is 6.61 Å². The predicted octanol–water partition coefficient (Wildman–Crippen LogP) is 3.35. The van der Waals surface area contributed by atoms with Crippen LogP contribution in [0.15, 0.2) is 30.3 Å². The molecule has 5 heteroatoms. The summed E-state index contributed by atoms with van der Waals surface area (Å²) in [6.07, 6.45) is 0. The van der Waals surface area contributed by atoms with E-state index in [-0.39, 0.29) is 0 Å². The molecule has 0 atom stereocenters. The van der Waals surface area contributed by atoms with E-state index >= 15 is 0 Å². The second kappa shape index (κ2) is 6.45. The van der Waals surface area contributed by atoms with Crippen LogP contribution >= 0.6 is 12.2 Å². The van der Waals surface area contributed by atoms with Gasteiger partial charge in [0.15, 0.2) is 0 Å². The molecule has 2 rings (SSSR count). The quantitative estimate of drug-likeness (QED) is 0.851. The number of benzene rings is 1. The Kier molecular flexibility index (Phi) is 4.65. The van der Waals surface area contributed by atoms with Crippen molar-refractivity contribution in [1.29, 1.82) is 0 Å². The van der Waals surface area contributed by atoms with E-state index in [4.69, 9.17) is 21.7 Å². The normalized spacial score (nSPS) is 10.4. The zero-order valence-electron chi connectivity index (χ0n) is 11.0. The molecule has 0 radical (unpaired) electrons. The van der Waals surface area contributed by atoms with Gasteiger partial charge in [-0.1, -0.05) is 12.2 Å². The molecule has 0 fully saturated rings. The van der Waals surface area contributed by atoms with Crippen molar-refractivity contribution in [1.82, 2.24) is 9.97 Å². The number of aromatic amines is 1. The summed E-state index contributed by atoms with van der Waals surface area (Å²) in [5.74, 6) is 1.58. The Bertz CT molecular complexity index is 593. The van der Waals surface area contributed by atoms with E-state index in [1.165, 1.54) is 0 Å². The molecule has 0 saturated carbocycles. The molecule has 0 bridgehead atoms. The van der Waals surface area contributed by atoms with Crippen molar-refractivity contribution in [3.63, 3.8) is 0 Å². The number of ether oxygens (including phenoxy) is 2. The highest BCUT2D eigenvalue weighted by molar-refractivity contribution is 7.71. The first-order valence-corrected chi connectivity index (χ1v) is 6.46. The molecule has 0 spiro atoms. The lowest BCUT2D eigenvalue weighted by molar-refractivity contribution is 0.177. The SMILES string of the molecule is CCOc1ccc(-c2cc(=S)nc(COC)[nH]2)cc1. The standard InChI is InChI=1S/C14H16N2O2S/c1-3-18-11-6-4-10(5-7-11)12-8-14(19)16-13(15-12)9-17-2/h4-8H,3,9H2,1-2H3,(H,15,16,19). The van der Waals surface area contributed by atoms with Crippen molar-refractivity contribution in [2.45, 2.75) is 13.5 Å². The maximum absolute atomic E-state index is 5.42. The minimum Gasteiger partial charge on any atom is -0.494 e. The van der Waals surface area contributed by atoms with Crippen LogP contribution in [0.25, 0.3) is 11.3 Å². The second-order valence-corrected chi connectivity index (χ2v) is 4.39. The molecule has 0 saturated heterocycles. The average Bonchev–Trinajstić information content (AvgIpc) is 2.40. The zero-order valence-corrected chi connectivity index (χ0v) is 11.8. The van der Waals surface area contributed by atoms with Crippen molar-refractivity contribution in [3.05, 3.63) is 40.8 Å². The number of rotatable bonds is 5. The highest BCUT2D eigenvalue weighted by Gasteiger charge is 2.02. The molecular weight excluding hydrogens is 260 g/mol. The first-order valence-electron chi connectivity index (χ1n) is 6.05. The predicted molar refractivity (Wildman–Crippen MR) is 76.7 cm³/mol. The summed E-state index contributed by atoms with van der Waals surface area (Å²) in [5, 5.41) is 0. The van der Waals surface area contributed by atoms with Crippen molar-refractivity contribution in [3.8, 4) is 17.0 Å². The molecule has 0 unspecified atom stereocenters. The smallest absolute Gasteiger partial charge is 0.134 e. The van der Waals surface area contributed by atoms with E-state index in [0.29, 0.717) is 17.9 Å². The number of methoxy groups -OCH3 is 1. The molecular formula is C14H16N2O2S. The number of nitrogens with zero attached hydrogens (tertiary/aromatic N) is 1. The zero-order chi connectivity index (χ0) is 13.7. The molecule has 1 aromatic heterocycles. The third-order valence-corrected chi connectivity index (χ3v) is 2.76. The van der Waals surface area contributed by atoms with Crippen molar-refractivity contribution < 1.29 is 9.47 Å². The van der Waals surface area contributed by atoms with Crippen LogP contribution in [-0.4, -0.2) is 23.7 Å². The van der Waals surface area contributed by atoms with Crippen LogP contribution in [-0.2, 0) is 11.3 Å². The topological polar surface area (TPSA) is 47.1 Å². The van der Waals surface area contributed by atoms with Crippen LogP contribution in [0.1, 0.15) is 12.7 Å². The lowest BCUT2D eigenvalue weighted by Crippen LogP contribution is -1.98. The van der Waals surface area contributed by atoms with Gasteiger partial charge in [-0.05, 0) is 42.8 Å². The first kappa shape index (κ1) is 13.7. The Morgan fingerprint density at radius 3 is 2.63 bits per heavy atom. The molecule has 1 N–H and O–H groups in total. The molecule has 0 aliphatic carbocycles. The summed E-state index contributed by atoms with van der Waals surface area (Å²) in [4.78, 5) is 7.42. The van der Waals surface area contributed by atoms with Crippen molar-refractivity contribution in [2.75, 3.05) is 13.7 Å². The summed E-state index contributed by atoms with van der Waals surface area (Å²) < 4.78 is 11.0. The molecule has 1 aromatic carbocycles. The third kappa shape index (κ3) is 3.62. The third-order valence-electron chi connectivity index (χ3n) is 2.55. The minimum absolute atomic E-state index is 0.411. The largest absolute Gasteiger partial charge is 0.494 e. The van der Waals surface area contributed by atoms with Crippen molar-refractivity contribution in [2.24, 2.45) is 0 Å². The second-order valence-electron chi connectivity index (χ2n) is 3.97. The average molecular weight is 276 g/mol. The van der Waals surface area contributed by atoms with Crippen LogP contribution in [0, 0.1) is 4.64 Å². The van der Waals surface area contributed by atoms with E-state index in [0.717, 1.165) is 22.8 Å². The number of hydrogen-bond donors (Lipinski definition) is 1. The Morgan fingerprint density at radius 2 is 2.00 bits per heavy atom. The molecule has 100 valence electrons. The molecule has 2 aromatic rings. The van der Waals surface area contributed by atoms with Gasteiger partial charge >= 0.3 is 0 Å². The Labute approximate surface area is 117 Å². The fraction of sp³-hybridized carbons (Fsp3) is 0.286. The summed E-state index contributed by atoms with van der Waals surface area (Å²) in [5.41, 5.74) is 1.96. The van der Waals surface area contributed by atoms with E-state index in [1.54, 1.807) is 7.11 Å². The molecule has 1 heterocycles. The van der Waals surface area contributed by atoms with E-state index < -0.39 is 0 Å². The van der Waals surface area contributed by atoms with E-state index in [2.05, 4.69) is 9.97 Å². The highest BCUT2D eigenvalue weighted by Crippen LogP contribution is 2.21. The molecule has 19 heavy (non-hydrogen) atoms.